The topological polar surface area (TPSA) is 102 Å². The number of fused-ring (bicyclic) bond motifs is 3. The van der Waals surface area contributed by atoms with Gasteiger partial charge in [0.15, 0.2) is 0 Å². The number of amides is 1. The van der Waals surface area contributed by atoms with Crippen LogP contribution >= 0.6 is 11.8 Å². The third-order valence-corrected chi connectivity index (χ3v) is 7.06. The van der Waals surface area contributed by atoms with Crippen LogP contribution in [0.1, 0.15) is 56.1 Å². The van der Waals surface area contributed by atoms with Gasteiger partial charge >= 0.3 is 18.0 Å². The van der Waals surface area contributed by atoms with Crippen LogP contribution in [-0.2, 0) is 19.1 Å². The number of alkyl carbamates (subject to hydrolysis) is 1. The summed E-state index contributed by atoms with van der Waals surface area (Å²) in [6.45, 7) is 2.34. The molecule has 0 heterocycles. The Hall–Kier alpha value is -3.00. The SMILES string of the molecule is CCOC(=O)CCCCCSCCC(NC(=O)OCC1c2ccccc2-c2ccccc21)C(=O)O. The van der Waals surface area contributed by atoms with E-state index in [0.717, 1.165) is 47.3 Å². The monoisotopic (exact) mass is 499 g/mol. The van der Waals surface area contributed by atoms with E-state index in [4.69, 9.17) is 9.47 Å². The van der Waals surface area contributed by atoms with Gasteiger partial charge in [-0.1, -0.05) is 55.0 Å². The second-order valence-electron chi connectivity index (χ2n) is 8.38. The Bertz CT molecular complexity index is 965. The molecule has 1 unspecified atom stereocenters. The third kappa shape index (κ3) is 7.75. The summed E-state index contributed by atoms with van der Waals surface area (Å²) < 4.78 is 10.4. The molecule has 0 saturated carbocycles. The fourth-order valence-electron chi connectivity index (χ4n) is 4.23. The van der Waals surface area contributed by atoms with Crippen LogP contribution in [0, 0.1) is 0 Å². The highest BCUT2D eigenvalue weighted by Gasteiger charge is 2.29. The lowest BCUT2D eigenvalue weighted by Crippen LogP contribution is -2.41. The maximum absolute atomic E-state index is 12.4. The summed E-state index contributed by atoms with van der Waals surface area (Å²) in [5.74, 6) is 0.173. The predicted molar refractivity (Wildman–Crippen MR) is 137 cm³/mol. The number of esters is 1. The summed E-state index contributed by atoms with van der Waals surface area (Å²) in [4.78, 5) is 35.3. The summed E-state index contributed by atoms with van der Waals surface area (Å²) in [7, 11) is 0. The number of aliphatic carboxylic acids is 1. The van der Waals surface area contributed by atoms with Crippen LogP contribution < -0.4 is 5.32 Å². The molecule has 0 spiro atoms. The van der Waals surface area contributed by atoms with Gasteiger partial charge in [-0.25, -0.2) is 9.59 Å². The summed E-state index contributed by atoms with van der Waals surface area (Å²) in [6, 6.07) is 15.1. The largest absolute Gasteiger partial charge is 0.480 e. The minimum Gasteiger partial charge on any atom is -0.480 e. The van der Waals surface area contributed by atoms with Gasteiger partial charge in [-0.15, -0.1) is 0 Å². The van der Waals surface area contributed by atoms with Crippen LogP contribution in [0.3, 0.4) is 0 Å². The second kappa shape index (κ2) is 13.8. The molecule has 0 aromatic heterocycles. The summed E-state index contributed by atoms with van der Waals surface area (Å²) in [5.41, 5.74) is 4.49. The first-order valence-corrected chi connectivity index (χ1v) is 13.2. The molecule has 8 heteroatoms. The van der Waals surface area contributed by atoms with Gasteiger partial charge in [0.25, 0.3) is 0 Å². The maximum atomic E-state index is 12.4. The van der Waals surface area contributed by atoms with Crippen LogP contribution in [0.25, 0.3) is 11.1 Å². The molecule has 0 saturated heterocycles. The molecule has 2 aromatic carbocycles. The Balaban J connectivity index is 1.38. The Labute approximate surface area is 210 Å². The van der Waals surface area contributed by atoms with Gasteiger partial charge in [0.2, 0.25) is 0 Å². The van der Waals surface area contributed by atoms with Crippen molar-refractivity contribution in [1.29, 1.82) is 0 Å². The number of carboxylic acids is 1. The molecule has 2 N–H and O–H groups in total. The standard InChI is InChI=1S/C27H33NO6S/c1-2-33-25(29)14-4-3-9-16-35-17-15-24(26(30)31)28-27(32)34-18-23-21-12-7-5-10-19(21)20-11-6-8-13-22(20)23/h5-8,10-13,23-24H,2-4,9,14-18H2,1H3,(H,28,32)(H,30,31). The molecule has 1 aliphatic rings. The van der Waals surface area contributed by atoms with E-state index in [0.29, 0.717) is 25.2 Å². The average Bonchev–Trinajstić information content (AvgIpc) is 3.17. The lowest BCUT2D eigenvalue weighted by atomic mass is 9.98. The molecule has 3 rings (SSSR count). The van der Waals surface area contributed by atoms with Gasteiger partial charge in [0, 0.05) is 12.3 Å². The Kier molecular flexibility index (Phi) is 10.5. The molecule has 0 bridgehead atoms. The summed E-state index contributed by atoms with van der Waals surface area (Å²) >= 11 is 1.64. The Morgan fingerprint density at radius 2 is 1.60 bits per heavy atom. The molecule has 0 fully saturated rings. The zero-order chi connectivity index (χ0) is 25.0. The van der Waals surface area contributed by atoms with Crippen molar-refractivity contribution in [1.82, 2.24) is 5.32 Å². The molecule has 1 amide bonds. The van der Waals surface area contributed by atoms with Gasteiger partial charge in [-0.3, -0.25) is 4.79 Å². The molecule has 188 valence electrons. The highest BCUT2D eigenvalue weighted by Crippen LogP contribution is 2.44. The molecule has 0 aliphatic heterocycles. The van der Waals surface area contributed by atoms with Crippen molar-refractivity contribution in [3.8, 4) is 11.1 Å². The number of nitrogens with one attached hydrogen (secondary N) is 1. The van der Waals surface area contributed by atoms with E-state index in [1.165, 1.54) is 0 Å². The molecular formula is C27H33NO6S. The number of ether oxygens (including phenoxy) is 2. The van der Waals surface area contributed by atoms with Crippen molar-refractivity contribution in [3.05, 3.63) is 59.7 Å². The van der Waals surface area contributed by atoms with Gasteiger partial charge in [0.05, 0.1) is 6.61 Å². The highest BCUT2D eigenvalue weighted by molar-refractivity contribution is 7.99. The first-order chi connectivity index (χ1) is 17.0. The number of hydrogen-bond acceptors (Lipinski definition) is 6. The van der Waals surface area contributed by atoms with Gasteiger partial charge < -0.3 is 19.9 Å². The number of hydrogen-bond donors (Lipinski definition) is 2. The van der Waals surface area contributed by atoms with Crippen molar-refractivity contribution in [3.63, 3.8) is 0 Å². The third-order valence-electron chi connectivity index (χ3n) is 5.96. The minimum absolute atomic E-state index is 0.0733. The zero-order valence-electron chi connectivity index (χ0n) is 20.0. The van der Waals surface area contributed by atoms with Crippen molar-refractivity contribution < 1.29 is 29.0 Å². The first-order valence-electron chi connectivity index (χ1n) is 12.1. The molecule has 2 aromatic rings. The molecule has 7 nitrogen and oxygen atoms in total. The van der Waals surface area contributed by atoms with E-state index in [1.54, 1.807) is 18.7 Å². The Morgan fingerprint density at radius 1 is 0.943 bits per heavy atom. The maximum Gasteiger partial charge on any atom is 0.407 e. The molecular weight excluding hydrogens is 466 g/mol. The van der Waals surface area contributed by atoms with Crippen LogP contribution in [0.5, 0.6) is 0 Å². The lowest BCUT2D eigenvalue weighted by molar-refractivity contribution is -0.143. The first kappa shape index (κ1) is 26.6. The van der Waals surface area contributed by atoms with Crippen molar-refractivity contribution in [2.24, 2.45) is 0 Å². The fraction of sp³-hybridized carbons (Fsp3) is 0.444. The van der Waals surface area contributed by atoms with Crippen molar-refractivity contribution in [2.45, 2.75) is 51.0 Å². The van der Waals surface area contributed by atoms with E-state index in [1.807, 2.05) is 36.4 Å². The summed E-state index contributed by atoms with van der Waals surface area (Å²) in [6.07, 6.45) is 2.69. The van der Waals surface area contributed by atoms with Gasteiger partial charge in [-0.2, -0.15) is 11.8 Å². The van der Waals surface area contributed by atoms with E-state index in [2.05, 4.69) is 17.4 Å². The van der Waals surface area contributed by atoms with Crippen LogP contribution in [-0.4, -0.2) is 53.9 Å². The molecule has 35 heavy (non-hydrogen) atoms. The predicted octanol–water partition coefficient (Wildman–Crippen LogP) is 5.23. The second-order valence-corrected chi connectivity index (χ2v) is 9.60. The van der Waals surface area contributed by atoms with E-state index in [-0.39, 0.29) is 18.5 Å². The van der Waals surface area contributed by atoms with Crippen LogP contribution in [0.2, 0.25) is 0 Å². The van der Waals surface area contributed by atoms with E-state index in [9.17, 15) is 19.5 Å². The van der Waals surface area contributed by atoms with Crippen molar-refractivity contribution >= 4 is 29.8 Å². The normalized spacial score (nSPS) is 12.9. The average molecular weight is 500 g/mol. The Morgan fingerprint density at radius 3 is 2.23 bits per heavy atom. The fourth-order valence-corrected chi connectivity index (χ4v) is 5.24. The lowest BCUT2D eigenvalue weighted by Gasteiger charge is -2.17. The number of benzene rings is 2. The van der Waals surface area contributed by atoms with Gasteiger partial charge in [-0.05, 0) is 59.9 Å². The van der Waals surface area contributed by atoms with Crippen LogP contribution in [0.15, 0.2) is 48.5 Å². The summed E-state index contributed by atoms with van der Waals surface area (Å²) in [5, 5.41) is 12.0. The number of carbonyl (C=O) groups excluding carboxylic acids is 2. The smallest absolute Gasteiger partial charge is 0.407 e. The number of carboxylic acid groups (broad SMARTS) is 1. The number of rotatable bonds is 14. The van der Waals surface area contributed by atoms with Crippen LogP contribution in [0.4, 0.5) is 4.79 Å². The minimum atomic E-state index is -1.08. The number of carbonyl (C=O) groups is 3. The molecule has 1 atom stereocenters. The molecule has 0 radical (unpaired) electrons. The number of unbranched alkanes of at least 4 members (excludes halogenated alkanes) is 2. The zero-order valence-corrected chi connectivity index (χ0v) is 20.9. The quantitative estimate of drug-likeness (QED) is 0.271. The van der Waals surface area contributed by atoms with Crippen molar-refractivity contribution in [2.75, 3.05) is 24.7 Å². The van der Waals surface area contributed by atoms with Gasteiger partial charge in [0.1, 0.15) is 12.6 Å². The highest BCUT2D eigenvalue weighted by atomic mass is 32.2. The van der Waals surface area contributed by atoms with E-state index >= 15 is 0 Å². The van der Waals surface area contributed by atoms with E-state index < -0.39 is 18.1 Å². The molecule has 1 aliphatic carbocycles. The number of thioether (sulfide) groups is 1.